The lowest BCUT2D eigenvalue weighted by molar-refractivity contribution is 0.0791. The third-order valence-electron chi connectivity index (χ3n) is 4.97. The van der Waals surface area contributed by atoms with Crippen LogP contribution >= 0.6 is 32.9 Å². The lowest BCUT2D eigenvalue weighted by atomic mass is 10.1. The van der Waals surface area contributed by atoms with Crippen molar-refractivity contribution in [3.05, 3.63) is 64.9 Å². The summed E-state index contributed by atoms with van der Waals surface area (Å²) in [5, 5.41) is 4.27. The molecule has 2 aromatic carbocycles. The number of hydrogen-bond donors (Lipinski definition) is 0. The van der Waals surface area contributed by atoms with Gasteiger partial charge in [-0.3, -0.25) is 0 Å². The fraction of sp³-hybridized carbons (Fsp3) is 0.400. The van der Waals surface area contributed by atoms with Crippen molar-refractivity contribution in [2.24, 2.45) is 0 Å². The van der Waals surface area contributed by atoms with E-state index in [1.165, 1.54) is 10.8 Å². The molecule has 0 bridgehead atoms. The van der Waals surface area contributed by atoms with Crippen LogP contribution in [0.4, 0.5) is 4.79 Å². The van der Waals surface area contributed by atoms with E-state index < -0.39 is 0 Å². The molecule has 1 amide bonds. The second-order valence-electron chi connectivity index (χ2n) is 7.38. The van der Waals surface area contributed by atoms with Crippen LogP contribution in [0.15, 0.2) is 60.0 Å². The second kappa shape index (κ2) is 15.2. The Bertz CT molecular complexity index is 980. The highest BCUT2D eigenvalue weighted by atomic mass is 33.1. The first-order chi connectivity index (χ1) is 16.7. The Morgan fingerprint density at radius 2 is 1.88 bits per heavy atom. The summed E-state index contributed by atoms with van der Waals surface area (Å²) in [6.07, 6.45) is 0.180. The molecule has 1 aromatic heterocycles. The van der Waals surface area contributed by atoms with Gasteiger partial charge in [-0.15, -0.1) is 11.3 Å². The maximum Gasteiger partial charge on any atom is 0.410 e. The first kappa shape index (κ1) is 26.7. The number of fused-ring (bicyclic) bond motifs is 1. The molecule has 34 heavy (non-hydrogen) atoms. The summed E-state index contributed by atoms with van der Waals surface area (Å²) in [6, 6.07) is 18.4. The molecule has 0 aliphatic heterocycles. The molecule has 6 nitrogen and oxygen atoms in total. The Morgan fingerprint density at radius 1 is 1.03 bits per heavy atom. The quantitative estimate of drug-likeness (QED) is 0.129. The molecule has 184 valence electrons. The largest absolute Gasteiger partial charge is 0.484 e. The minimum Gasteiger partial charge on any atom is -0.484 e. The molecule has 0 spiro atoms. The van der Waals surface area contributed by atoms with Crippen molar-refractivity contribution < 1.29 is 23.7 Å². The molecule has 0 unspecified atom stereocenters. The molecule has 0 saturated carbocycles. The van der Waals surface area contributed by atoms with Crippen molar-refractivity contribution in [3.8, 4) is 5.75 Å². The standard InChI is InChI=1S/C25H31NO5S3/c1-26(25(27)30-19-34-33-18-16-29-15-14-28-2)13-12-23(24-11-6-17-32-24)31-22-10-5-8-20-7-3-4-9-21(20)22/h3-11,17,23H,12-16,18-19H2,1-2H3/t23-/m0/s1. The van der Waals surface area contributed by atoms with Gasteiger partial charge in [-0.1, -0.05) is 64.1 Å². The number of benzene rings is 2. The van der Waals surface area contributed by atoms with Gasteiger partial charge in [0.1, 0.15) is 17.8 Å². The zero-order chi connectivity index (χ0) is 24.0. The van der Waals surface area contributed by atoms with E-state index in [9.17, 15) is 4.79 Å². The lowest BCUT2D eigenvalue weighted by Crippen LogP contribution is -2.29. The van der Waals surface area contributed by atoms with Crippen LogP contribution < -0.4 is 4.74 Å². The average molecular weight is 522 g/mol. The summed E-state index contributed by atoms with van der Waals surface area (Å²) in [5.74, 6) is 1.98. The van der Waals surface area contributed by atoms with E-state index in [1.54, 1.807) is 41.2 Å². The van der Waals surface area contributed by atoms with Gasteiger partial charge in [0.2, 0.25) is 0 Å². The zero-order valence-electron chi connectivity index (χ0n) is 19.5. The van der Waals surface area contributed by atoms with Gasteiger partial charge in [-0.05, 0) is 22.9 Å². The van der Waals surface area contributed by atoms with E-state index in [0.29, 0.717) is 38.7 Å². The number of rotatable bonds is 15. The molecule has 0 saturated heterocycles. The van der Waals surface area contributed by atoms with Gasteiger partial charge in [0, 0.05) is 43.1 Å². The van der Waals surface area contributed by atoms with E-state index in [2.05, 4.69) is 24.3 Å². The van der Waals surface area contributed by atoms with Gasteiger partial charge in [0.15, 0.2) is 0 Å². The maximum absolute atomic E-state index is 12.4. The van der Waals surface area contributed by atoms with Crippen molar-refractivity contribution in [2.75, 3.05) is 52.2 Å². The molecule has 0 radical (unpaired) electrons. The summed E-state index contributed by atoms with van der Waals surface area (Å²) in [5.41, 5.74) is 0. The number of amides is 1. The van der Waals surface area contributed by atoms with Gasteiger partial charge in [-0.25, -0.2) is 4.79 Å². The summed E-state index contributed by atoms with van der Waals surface area (Å²) in [4.78, 5) is 15.1. The highest BCUT2D eigenvalue weighted by Crippen LogP contribution is 2.33. The third kappa shape index (κ3) is 8.70. The fourth-order valence-electron chi connectivity index (χ4n) is 3.20. The van der Waals surface area contributed by atoms with Crippen LogP contribution in [-0.2, 0) is 14.2 Å². The lowest BCUT2D eigenvalue weighted by Gasteiger charge is -2.23. The van der Waals surface area contributed by atoms with Crippen molar-refractivity contribution >= 4 is 49.8 Å². The minimum absolute atomic E-state index is 0.149. The van der Waals surface area contributed by atoms with Crippen molar-refractivity contribution in [1.29, 1.82) is 0 Å². The molecule has 0 aliphatic carbocycles. The van der Waals surface area contributed by atoms with Crippen molar-refractivity contribution in [3.63, 3.8) is 0 Å². The molecular formula is C25H31NO5S3. The molecular weight excluding hydrogens is 490 g/mol. The SMILES string of the molecule is COCCOCCSSCOC(=O)N(C)CC[C@H](Oc1cccc2ccccc12)c1cccs1. The zero-order valence-corrected chi connectivity index (χ0v) is 22.0. The summed E-state index contributed by atoms with van der Waals surface area (Å²) < 4.78 is 22.2. The molecule has 3 aromatic rings. The highest BCUT2D eigenvalue weighted by Gasteiger charge is 2.19. The van der Waals surface area contributed by atoms with Crippen LogP contribution in [0.25, 0.3) is 10.8 Å². The van der Waals surface area contributed by atoms with Crippen LogP contribution in [0.5, 0.6) is 5.75 Å². The molecule has 0 aliphatic rings. The van der Waals surface area contributed by atoms with Crippen LogP contribution in [0.2, 0.25) is 0 Å². The Labute approximate surface area is 213 Å². The molecule has 1 heterocycles. The van der Waals surface area contributed by atoms with Gasteiger partial charge in [0.25, 0.3) is 0 Å². The first-order valence-corrected chi connectivity index (χ1v) is 14.4. The van der Waals surface area contributed by atoms with Gasteiger partial charge in [0.05, 0.1) is 19.8 Å². The highest BCUT2D eigenvalue weighted by molar-refractivity contribution is 8.76. The Hall–Kier alpha value is -1.91. The van der Waals surface area contributed by atoms with E-state index >= 15 is 0 Å². The average Bonchev–Trinajstić information content (AvgIpc) is 3.40. The summed E-state index contributed by atoms with van der Waals surface area (Å²) >= 11 is 1.66. The van der Waals surface area contributed by atoms with E-state index in [0.717, 1.165) is 27.2 Å². The van der Waals surface area contributed by atoms with Crippen LogP contribution in [-0.4, -0.2) is 63.2 Å². The topological polar surface area (TPSA) is 57.2 Å². The number of methoxy groups -OCH3 is 1. The Morgan fingerprint density at radius 3 is 2.71 bits per heavy atom. The van der Waals surface area contributed by atoms with Crippen LogP contribution in [0.1, 0.15) is 17.4 Å². The predicted molar refractivity (Wildman–Crippen MR) is 143 cm³/mol. The summed E-state index contributed by atoms with van der Waals surface area (Å²) in [6.45, 7) is 2.37. The minimum atomic E-state index is -0.334. The number of carbonyl (C=O) groups is 1. The molecule has 1 atom stereocenters. The summed E-state index contributed by atoms with van der Waals surface area (Å²) in [7, 11) is 6.53. The maximum atomic E-state index is 12.4. The van der Waals surface area contributed by atoms with Crippen LogP contribution in [0, 0.1) is 0 Å². The van der Waals surface area contributed by atoms with E-state index in [-0.39, 0.29) is 12.2 Å². The number of nitrogens with zero attached hydrogens (tertiary/aromatic N) is 1. The smallest absolute Gasteiger partial charge is 0.410 e. The Kier molecular flexibility index (Phi) is 11.9. The van der Waals surface area contributed by atoms with Crippen molar-refractivity contribution in [2.45, 2.75) is 12.5 Å². The predicted octanol–water partition coefficient (Wildman–Crippen LogP) is 6.48. The van der Waals surface area contributed by atoms with Gasteiger partial charge in [-0.2, -0.15) is 0 Å². The van der Waals surface area contributed by atoms with E-state index in [4.69, 9.17) is 18.9 Å². The number of carbonyl (C=O) groups excluding carboxylic acids is 1. The monoisotopic (exact) mass is 521 g/mol. The second-order valence-corrected chi connectivity index (χ2v) is 10.9. The normalized spacial score (nSPS) is 11.9. The fourth-order valence-corrected chi connectivity index (χ4v) is 5.42. The molecule has 0 N–H and O–H groups in total. The molecule has 9 heteroatoms. The number of ether oxygens (including phenoxy) is 4. The van der Waals surface area contributed by atoms with Gasteiger partial charge < -0.3 is 23.8 Å². The van der Waals surface area contributed by atoms with Crippen LogP contribution in [0.3, 0.4) is 0 Å². The van der Waals surface area contributed by atoms with E-state index in [1.807, 2.05) is 35.7 Å². The third-order valence-corrected chi connectivity index (χ3v) is 7.94. The first-order valence-electron chi connectivity index (χ1n) is 11.1. The molecule has 3 rings (SSSR count). The number of thiophene rings is 1. The van der Waals surface area contributed by atoms with Crippen molar-refractivity contribution in [1.82, 2.24) is 4.90 Å². The number of hydrogen-bond acceptors (Lipinski definition) is 8. The Balaban J connectivity index is 1.44. The molecule has 0 fully saturated rings. The van der Waals surface area contributed by atoms with Gasteiger partial charge >= 0.3 is 6.09 Å².